The highest BCUT2D eigenvalue weighted by molar-refractivity contribution is 5.93. The van der Waals surface area contributed by atoms with Gasteiger partial charge in [-0.1, -0.05) is 17.3 Å². The number of benzene rings is 2. The number of hydrogen-bond acceptors (Lipinski definition) is 6. The Kier molecular flexibility index (Phi) is 5.33. The largest absolute Gasteiger partial charge is 0.486 e. The number of ether oxygens (including phenoxy) is 2. The fraction of sp³-hybridized carbons (Fsp3) is 0.167. The second-order valence-electron chi connectivity index (χ2n) is 7.30. The van der Waals surface area contributed by atoms with Gasteiger partial charge in [-0.2, -0.15) is 0 Å². The monoisotopic (exact) mass is 434 g/mol. The van der Waals surface area contributed by atoms with Gasteiger partial charge in [0.25, 0.3) is 5.91 Å². The highest BCUT2D eigenvalue weighted by Gasteiger charge is 2.23. The lowest BCUT2D eigenvalue weighted by Crippen LogP contribution is -2.30. The van der Waals surface area contributed by atoms with E-state index in [1.807, 2.05) is 6.07 Å². The van der Waals surface area contributed by atoms with Gasteiger partial charge in [-0.3, -0.25) is 4.79 Å². The van der Waals surface area contributed by atoms with E-state index in [4.69, 9.17) is 18.4 Å². The number of amides is 1. The molecular formula is C24H19FN2O5. The zero-order valence-electron chi connectivity index (χ0n) is 17.0. The fourth-order valence-electron chi connectivity index (χ4n) is 3.47. The van der Waals surface area contributed by atoms with Crippen LogP contribution in [0.3, 0.4) is 0 Å². The number of carbonyl (C=O) groups is 1. The van der Waals surface area contributed by atoms with Gasteiger partial charge in [0.05, 0.1) is 12.8 Å². The van der Waals surface area contributed by atoms with Crippen molar-refractivity contribution in [2.75, 3.05) is 13.2 Å². The van der Waals surface area contributed by atoms with E-state index in [0.717, 1.165) is 11.1 Å². The average Bonchev–Trinajstić information content (AvgIpc) is 3.52. The van der Waals surface area contributed by atoms with Crippen LogP contribution in [0.4, 0.5) is 4.39 Å². The Bertz CT molecular complexity index is 1220. The van der Waals surface area contributed by atoms with Crippen LogP contribution in [0.25, 0.3) is 11.3 Å². The van der Waals surface area contributed by atoms with Gasteiger partial charge in [0.15, 0.2) is 23.0 Å². The molecule has 3 heterocycles. The third-order valence-corrected chi connectivity index (χ3v) is 5.06. The summed E-state index contributed by atoms with van der Waals surface area (Å²) in [6, 6.07) is 16.5. The summed E-state index contributed by atoms with van der Waals surface area (Å²) in [5.41, 5.74) is 1.65. The maximum absolute atomic E-state index is 13.3. The van der Waals surface area contributed by atoms with Crippen molar-refractivity contribution in [3.05, 3.63) is 89.8 Å². The first-order valence-electron chi connectivity index (χ1n) is 10.1. The first-order valence-corrected chi connectivity index (χ1v) is 10.1. The van der Waals surface area contributed by atoms with E-state index in [1.54, 1.807) is 53.6 Å². The van der Waals surface area contributed by atoms with Gasteiger partial charge < -0.3 is 23.3 Å². The van der Waals surface area contributed by atoms with Gasteiger partial charge in [-0.15, -0.1) is 0 Å². The first kappa shape index (κ1) is 19.9. The zero-order valence-corrected chi connectivity index (χ0v) is 17.0. The highest BCUT2D eigenvalue weighted by Crippen LogP contribution is 2.34. The molecule has 7 nitrogen and oxygen atoms in total. The Labute approximate surface area is 182 Å². The minimum atomic E-state index is -0.335. The summed E-state index contributed by atoms with van der Waals surface area (Å²) >= 11 is 0. The molecule has 1 amide bonds. The Hall–Kier alpha value is -4.07. The summed E-state index contributed by atoms with van der Waals surface area (Å²) in [5.74, 6) is 1.67. The number of fused-ring (bicyclic) bond motifs is 1. The number of rotatable bonds is 6. The molecule has 0 N–H and O–H groups in total. The molecule has 0 spiro atoms. The van der Waals surface area contributed by atoms with Crippen LogP contribution in [-0.2, 0) is 13.1 Å². The predicted molar refractivity (Wildman–Crippen MR) is 112 cm³/mol. The summed E-state index contributed by atoms with van der Waals surface area (Å²) in [4.78, 5) is 14.8. The summed E-state index contributed by atoms with van der Waals surface area (Å²) in [5, 5.41) is 3.98. The van der Waals surface area contributed by atoms with Crippen LogP contribution in [0.15, 0.2) is 75.9 Å². The summed E-state index contributed by atoms with van der Waals surface area (Å²) in [6.07, 6.45) is 1.55. The summed E-state index contributed by atoms with van der Waals surface area (Å²) in [6.45, 7) is 1.47. The van der Waals surface area contributed by atoms with Crippen LogP contribution in [0, 0.1) is 5.82 Å². The maximum Gasteiger partial charge on any atom is 0.276 e. The highest BCUT2D eigenvalue weighted by atomic mass is 19.1. The van der Waals surface area contributed by atoms with Gasteiger partial charge in [0, 0.05) is 18.2 Å². The quantitative estimate of drug-likeness (QED) is 0.438. The van der Waals surface area contributed by atoms with Gasteiger partial charge in [-0.05, 0) is 48.0 Å². The molecule has 0 fully saturated rings. The molecule has 5 rings (SSSR count). The standard InChI is InChI=1S/C24H19FN2O5/c25-18-6-3-16(4-7-18)14-27(15-19-2-1-9-29-19)24(28)20-13-22(32-26-20)17-5-8-21-23(12-17)31-11-10-30-21/h1-9,12-13H,10-11,14-15H2. The number of hydrogen-bond donors (Lipinski definition) is 0. The SMILES string of the molecule is O=C(c1cc(-c2ccc3c(c2)OCCO3)on1)N(Cc1ccc(F)cc1)Cc1ccco1. The molecule has 0 atom stereocenters. The van der Waals surface area contributed by atoms with Crippen molar-refractivity contribution >= 4 is 5.91 Å². The molecule has 0 aliphatic carbocycles. The van der Waals surface area contributed by atoms with Crippen molar-refractivity contribution in [3.8, 4) is 22.8 Å². The van der Waals surface area contributed by atoms with Gasteiger partial charge >= 0.3 is 0 Å². The summed E-state index contributed by atoms with van der Waals surface area (Å²) < 4.78 is 35.3. The Morgan fingerprint density at radius 3 is 2.56 bits per heavy atom. The lowest BCUT2D eigenvalue weighted by Gasteiger charge is -2.20. The van der Waals surface area contributed by atoms with E-state index < -0.39 is 0 Å². The van der Waals surface area contributed by atoms with E-state index in [2.05, 4.69) is 5.16 Å². The predicted octanol–water partition coefficient (Wildman–Crippen LogP) is 4.69. The Morgan fingerprint density at radius 2 is 1.78 bits per heavy atom. The van der Waals surface area contributed by atoms with Gasteiger partial charge in [0.2, 0.25) is 0 Å². The minimum absolute atomic E-state index is 0.156. The number of halogens is 1. The molecule has 2 aromatic carbocycles. The lowest BCUT2D eigenvalue weighted by molar-refractivity contribution is 0.0707. The van der Waals surface area contributed by atoms with E-state index in [-0.39, 0.29) is 30.5 Å². The molecule has 0 unspecified atom stereocenters. The lowest BCUT2D eigenvalue weighted by atomic mass is 10.1. The third-order valence-electron chi connectivity index (χ3n) is 5.06. The molecule has 32 heavy (non-hydrogen) atoms. The van der Waals surface area contributed by atoms with E-state index >= 15 is 0 Å². The number of furan rings is 1. The molecule has 0 saturated carbocycles. The topological polar surface area (TPSA) is 77.9 Å². The van der Waals surface area contributed by atoms with E-state index in [9.17, 15) is 9.18 Å². The molecular weight excluding hydrogens is 415 g/mol. The average molecular weight is 434 g/mol. The second kappa shape index (κ2) is 8.58. The molecule has 2 aromatic heterocycles. The normalized spacial score (nSPS) is 12.5. The second-order valence-corrected chi connectivity index (χ2v) is 7.30. The van der Waals surface area contributed by atoms with Crippen LogP contribution < -0.4 is 9.47 Å². The van der Waals surface area contributed by atoms with Crippen LogP contribution in [0.2, 0.25) is 0 Å². The zero-order chi connectivity index (χ0) is 21.9. The van der Waals surface area contributed by atoms with Crippen LogP contribution in [0.5, 0.6) is 11.5 Å². The van der Waals surface area contributed by atoms with Crippen molar-refractivity contribution in [1.29, 1.82) is 0 Å². The molecule has 4 aromatic rings. The van der Waals surface area contributed by atoms with Gasteiger partial charge in [-0.25, -0.2) is 4.39 Å². The van der Waals surface area contributed by atoms with Crippen LogP contribution >= 0.6 is 0 Å². The van der Waals surface area contributed by atoms with Crippen LogP contribution in [0.1, 0.15) is 21.8 Å². The van der Waals surface area contributed by atoms with Crippen molar-refractivity contribution in [3.63, 3.8) is 0 Å². The molecule has 0 radical (unpaired) electrons. The van der Waals surface area contributed by atoms with Gasteiger partial charge in [0.1, 0.15) is 24.8 Å². The Morgan fingerprint density at radius 1 is 0.969 bits per heavy atom. The molecule has 0 saturated heterocycles. The van der Waals surface area contributed by atoms with Crippen molar-refractivity contribution < 1.29 is 27.6 Å². The number of carbonyl (C=O) groups excluding carboxylic acids is 1. The minimum Gasteiger partial charge on any atom is -0.486 e. The molecule has 162 valence electrons. The molecule has 1 aliphatic rings. The van der Waals surface area contributed by atoms with Crippen LogP contribution in [-0.4, -0.2) is 29.2 Å². The van der Waals surface area contributed by atoms with E-state index in [1.165, 1.54) is 12.1 Å². The van der Waals surface area contributed by atoms with E-state index in [0.29, 0.717) is 36.2 Å². The fourth-order valence-corrected chi connectivity index (χ4v) is 3.47. The molecule has 1 aliphatic heterocycles. The maximum atomic E-state index is 13.3. The summed E-state index contributed by atoms with van der Waals surface area (Å²) in [7, 11) is 0. The van der Waals surface area contributed by atoms with Crippen molar-refractivity contribution in [2.24, 2.45) is 0 Å². The number of aromatic nitrogens is 1. The molecule has 0 bridgehead atoms. The molecule has 8 heteroatoms. The first-order chi connectivity index (χ1) is 15.7. The smallest absolute Gasteiger partial charge is 0.276 e. The third kappa shape index (κ3) is 4.20. The number of nitrogens with zero attached hydrogens (tertiary/aromatic N) is 2. The van der Waals surface area contributed by atoms with Crippen molar-refractivity contribution in [1.82, 2.24) is 10.1 Å². The van der Waals surface area contributed by atoms with Crippen molar-refractivity contribution in [2.45, 2.75) is 13.1 Å². The Balaban J connectivity index is 1.39.